The first kappa shape index (κ1) is 23.8. The van der Waals surface area contributed by atoms with Gasteiger partial charge in [-0.3, -0.25) is 0 Å². The summed E-state index contributed by atoms with van der Waals surface area (Å²) in [5, 5.41) is 4.32. The Labute approximate surface area is 198 Å². The predicted octanol–water partition coefficient (Wildman–Crippen LogP) is 5.67. The van der Waals surface area contributed by atoms with Crippen LogP contribution in [0.1, 0.15) is 42.9 Å². The molecule has 2 aromatic carbocycles. The van der Waals surface area contributed by atoms with Crippen molar-refractivity contribution in [1.29, 1.82) is 0 Å². The molecular formula is C26H35N5S. The Kier molecular flexibility index (Phi) is 8.28. The van der Waals surface area contributed by atoms with Crippen LogP contribution in [0.3, 0.4) is 0 Å². The van der Waals surface area contributed by atoms with Gasteiger partial charge in [-0.2, -0.15) is 0 Å². The molecule has 0 saturated carbocycles. The molecule has 6 heteroatoms. The van der Waals surface area contributed by atoms with Crippen LogP contribution in [0.5, 0.6) is 0 Å². The topological polar surface area (TPSA) is 36.3 Å². The van der Waals surface area contributed by atoms with Gasteiger partial charge in [-0.15, -0.1) is 0 Å². The SMILES string of the molecule is Cc1cccc(NC(=S)N(CCCn2ccnc2)Cc2ccc(N(C)C)cc2)c1C(C)C. The standard InChI is InChI=1S/C26H35N5S/c1-20(2)25-21(3)8-6-9-24(25)28-26(32)31(16-7-15-30-17-14-27-19-30)18-22-10-12-23(13-11-22)29(4)5/h6,8-14,17,19-20H,7,15-16,18H2,1-5H3,(H,28,32). The summed E-state index contributed by atoms with van der Waals surface area (Å²) >= 11 is 5.91. The lowest BCUT2D eigenvalue weighted by atomic mass is 9.96. The molecule has 0 bridgehead atoms. The van der Waals surface area contributed by atoms with Crippen LogP contribution in [0, 0.1) is 6.92 Å². The Balaban J connectivity index is 1.76. The highest BCUT2D eigenvalue weighted by molar-refractivity contribution is 7.80. The number of hydrogen-bond acceptors (Lipinski definition) is 3. The summed E-state index contributed by atoms with van der Waals surface area (Å²) in [6.07, 6.45) is 6.67. The highest BCUT2D eigenvalue weighted by atomic mass is 32.1. The fourth-order valence-corrected chi connectivity index (χ4v) is 4.25. The molecule has 3 aromatic rings. The van der Waals surface area contributed by atoms with Gasteiger partial charge in [0, 0.05) is 57.5 Å². The fourth-order valence-electron chi connectivity index (χ4n) is 3.99. The largest absolute Gasteiger partial charge is 0.378 e. The Morgan fingerprint density at radius 3 is 2.50 bits per heavy atom. The summed E-state index contributed by atoms with van der Waals surface area (Å²) < 4.78 is 2.11. The van der Waals surface area contributed by atoms with Gasteiger partial charge >= 0.3 is 0 Å². The molecule has 1 aromatic heterocycles. The molecule has 1 heterocycles. The van der Waals surface area contributed by atoms with E-state index in [1.165, 1.54) is 22.4 Å². The van der Waals surface area contributed by atoms with Crippen molar-refractivity contribution < 1.29 is 0 Å². The van der Waals surface area contributed by atoms with Crippen LogP contribution in [0.25, 0.3) is 0 Å². The summed E-state index contributed by atoms with van der Waals surface area (Å²) in [6.45, 7) is 9.17. The average molecular weight is 450 g/mol. The number of thiocarbonyl (C=S) groups is 1. The van der Waals surface area contributed by atoms with Crippen LogP contribution in [-0.4, -0.2) is 40.2 Å². The van der Waals surface area contributed by atoms with Gasteiger partial charge in [-0.05, 0) is 66.4 Å². The van der Waals surface area contributed by atoms with Gasteiger partial charge in [0.15, 0.2) is 5.11 Å². The monoisotopic (exact) mass is 449 g/mol. The molecule has 0 spiro atoms. The van der Waals surface area contributed by atoms with Crippen molar-refractivity contribution in [2.45, 2.75) is 46.2 Å². The summed E-state index contributed by atoms with van der Waals surface area (Å²) in [6, 6.07) is 15.1. The highest BCUT2D eigenvalue weighted by Gasteiger charge is 2.15. The Bertz CT molecular complexity index is 994. The molecule has 0 atom stereocenters. The number of aryl methyl sites for hydroxylation is 2. The first-order valence-electron chi connectivity index (χ1n) is 11.2. The van der Waals surface area contributed by atoms with Gasteiger partial charge in [0.05, 0.1) is 6.33 Å². The molecule has 3 rings (SSSR count). The average Bonchev–Trinajstić information content (AvgIpc) is 3.26. The molecule has 170 valence electrons. The number of aromatic nitrogens is 2. The molecule has 0 radical (unpaired) electrons. The molecule has 0 amide bonds. The smallest absolute Gasteiger partial charge is 0.173 e. The third-order valence-electron chi connectivity index (χ3n) is 5.66. The number of anilines is 2. The molecule has 0 fully saturated rings. The van der Waals surface area contributed by atoms with Gasteiger partial charge in [0.1, 0.15) is 0 Å². The van der Waals surface area contributed by atoms with E-state index in [4.69, 9.17) is 12.2 Å². The van der Waals surface area contributed by atoms with Crippen LogP contribution in [0.2, 0.25) is 0 Å². The van der Waals surface area contributed by atoms with Crippen LogP contribution in [0.4, 0.5) is 11.4 Å². The quantitative estimate of drug-likeness (QED) is 0.426. The lowest BCUT2D eigenvalue weighted by Crippen LogP contribution is -2.35. The maximum absolute atomic E-state index is 5.91. The molecule has 0 aliphatic heterocycles. The second kappa shape index (κ2) is 11.1. The second-order valence-electron chi connectivity index (χ2n) is 8.76. The van der Waals surface area contributed by atoms with Crippen molar-refractivity contribution in [3.8, 4) is 0 Å². The van der Waals surface area contributed by atoms with Gasteiger partial charge in [-0.1, -0.05) is 38.1 Å². The molecule has 5 nitrogen and oxygen atoms in total. The van der Waals surface area contributed by atoms with Crippen LogP contribution >= 0.6 is 12.2 Å². The zero-order valence-electron chi connectivity index (χ0n) is 19.9. The maximum atomic E-state index is 5.91. The Morgan fingerprint density at radius 1 is 1.12 bits per heavy atom. The van der Waals surface area contributed by atoms with E-state index in [9.17, 15) is 0 Å². The van der Waals surface area contributed by atoms with E-state index in [-0.39, 0.29) is 0 Å². The summed E-state index contributed by atoms with van der Waals surface area (Å²) in [5.74, 6) is 0.426. The van der Waals surface area contributed by atoms with Gasteiger partial charge in [0.25, 0.3) is 0 Å². The van der Waals surface area contributed by atoms with E-state index < -0.39 is 0 Å². The number of nitrogens with one attached hydrogen (secondary N) is 1. The maximum Gasteiger partial charge on any atom is 0.173 e. The van der Waals surface area contributed by atoms with E-state index >= 15 is 0 Å². The van der Waals surface area contributed by atoms with Gasteiger partial charge in [0.2, 0.25) is 0 Å². The van der Waals surface area contributed by atoms with Crippen molar-refractivity contribution in [3.05, 3.63) is 77.9 Å². The Morgan fingerprint density at radius 2 is 1.88 bits per heavy atom. The van der Waals surface area contributed by atoms with Crippen LogP contribution in [-0.2, 0) is 13.1 Å². The van der Waals surface area contributed by atoms with Crippen molar-refractivity contribution in [3.63, 3.8) is 0 Å². The fraction of sp³-hybridized carbons (Fsp3) is 0.385. The van der Waals surface area contributed by atoms with Crippen molar-refractivity contribution >= 4 is 28.7 Å². The first-order valence-corrected chi connectivity index (χ1v) is 11.6. The highest BCUT2D eigenvalue weighted by Crippen LogP contribution is 2.28. The first-order chi connectivity index (χ1) is 15.3. The van der Waals surface area contributed by atoms with Crippen molar-refractivity contribution in [2.75, 3.05) is 30.9 Å². The summed E-state index contributed by atoms with van der Waals surface area (Å²) in [7, 11) is 4.12. The Hall–Kier alpha value is -2.86. The lowest BCUT2D eigenvalue weighted by molar-refractivity contribution is 0.396. The van der Waals surface area contributed by atoms with E-state index in [2.05, 4.69) is 102 Å². The lowest BCUT2D eigenvalue weighted by Gasteiger charge is -2.28. The van der Waals surface area contributed by atoms with E-state index in [1.807, 2.05) is 18.7 Å². The molecule has 0 unspecified atom stereocenters. The van der Waals surface area contributed by atoms with Crippen LogP contribution < -0.4 is 10.2 Å². The normalized spacial score (nSPS) is 10.9. The molecule has 1 N–H and O–H groups in total. The number of nitrogens with zero attached hydrogens (tertiary/aromatic N) is 4. The van der Waals surface area contributed by atoms with E-state index in [1.54, 1.807) is 0 Å². The molecule has 0 saturated heterocycles. The van der Waals surface area contributed by atoms with Crippen molar-refractivity contribution in [1.82, 2.24) is 14.5 Å². The summed E-state index contributed by atoms with van der Waals surface area (Å²) in [5.41, 5.74) is 6.16. The zero-order valence-corrected chi connectivity index (χ0v) is 20.7. The minimum atomic E-state index is 0.426. The third kappa shape index (κ3) is 6.33. The number of imidazole rings is 1. The minimum Gasteiger partial charge on any atom is -0.378 e. The molecule has 0 aliphatic carbocycles. The number of benzene rings is 2. The number of rotatable bonds is 9. The van der Waals surface area contributed by atoms with Gasteiger partial charge in [-0.25, -0.2) is 4.98 Å². The zero-order chi connectivity index (χ0) is 23.1. The number of hydrogen-bond donors (Lipinski definition) is 1. The predicted molar refractivity (Wildman–Crippen MR) is 140 cm³/mol. The molecule has 32 heavy (non-hydrogen) atoms. The van der Waals surface area contributed by atoms with Crippen LogP contribution in [0.15, 0.2) is 61.2 Å². The van der Waals surface area contributed by atoms with E-state index in [0.29, 0.717) is 5.92 Å². The minimum absolute atomic E-state index is 0.426. The summed E-state index contributed by atoms with van der Waals surface area (Å²) in [4.78, 5) is 8.53. The van der Waals surface area contributed by atoms with Gasteiger partial charge < -0.3 is 19.7 Å². The third-order valence-corrected chi connectivity index (χ3v) is 6.02. The molecular weight excluding hydrogens is 414 g/mol. The van der Waals surface area contributed by atoms with Crippen molar-refractivity contribution in [2.24, 2.45) is 0 Å². The second-order valence-corrected chi connectivity index (χ2v) is 9.14. The van der Waals surface area contributed by atoms with E-state index in [0.717, 1.165) is 36.9 Å². The molecule has 0 aliphatic rings.